The second-order valence-corrected chi connectivity index (χ2v) is 5.54. The van der Waals surface area contributed by atoms with Gasteiger partial charge in [-0.15, -0.1) is 11.3 Å². The Balaban J connectivity index is 2.59. The van der Waals surface area contributed by atoms with Gasteiger partial charge in [0, 0.05) is 22.6 Å². The van der Waals surface area contributed by atoms with Crippen molar-refractivity contribution in [2.24, 2.45) is 0 Å². The van der Waals surface area contributed by atoms with Crippen molar-refractivity contribution >= 4 is 22.9 Å². The first kappa shape index (κ1) is 13.1. The van der Waals surface area contributed by atoms with Gasteiger partial charge in [-0.2, -0.15) is 0 Å². The Morgan fingerprint density at radius 2 is 1.69 bits per heavy atom. The molecule has 0 aromatic carbocycles. The summed E-state index contributed by atoms with van der Waals surface area (Å²) in [5, 5.41) is 0. The number of hydrogen-bond donors (Lipinski definition) is 0. The Kier molecular flexibility index (Phi) is 4.87. The minimum Gasteiger partial charge on any atom is -0.300 e. The summed E-state index contributed by atoms with van der Waals surface area (Å²) in [6, 6.07) is 2.14. The molecule has 0 saturated carbocycles. The van der Waals surface area contributed by atoms with Crippen LogP contribution in [0.3, 0.4) is 0 Å². The van der Waals surface area contributed by atoms with Crippen molar-refractivity contribution in [3.05, 3.63) is 21.4 Å². The van der Waals surface area contributed by atoms with E-state index in [-0.39, 0.29) is 11.6 Å². The molecule has 0 N–H and O–H groups in total. The number of carbonyl (C=O) groups is 2. The summed E-state index contributed by atoms with van der Waals surface area (Å²) in [6.07, 6.45) is 2.90. The lowest BCUT2D eigenvalue weighted by Gasteiger charge is -1.95. The van der Waals surface area contributed by atoms with E-state index in [9.17, 15) is 9.59 Å². The molecule has 0 atom stereocenters. The third kappa shape index (κ3) is 4.27. The number of Topliss-reactive ketones (excluding diaryl/α,β-unsaturated/α-hetero) is 2. The van der Waals surface area contributed by atoms with Gasteiger partial charge in [0.15, 0.2) is 0 Å². The third-order valence-electron chi connectivity index (χ3n) is 2.54. The van der Waals surface area contributed by atoms with Gasteiger partial charge in [-0.3, -0.25) is 0 Å². The maximum Gasteiger partial charge on any atom is 0.130 e. The van der Waals surface area contributed by atoms with E-state index in [1.54, 1.807) is 25.2 Å². The maximum absolute atomic E-state index is 10.9. The Morgan fingerprint density at radius 3 is 2.25 bits per heavy atom. The normalized spacial score (nSPS) is 10.4. The SMILES string of the molecule is CC(=O)CCc1cc(CCC(C)=O)c(C)s1. The van der Waals surface area contributed by atoms with Crippen LogP contribution >= 0.6 is 11.3 Å². The van der Waals surface area contributed by atoms with E-state index in [4.69, 9.17) is 0 Å². The molecule has 0 aliphatic rings. The zero-order valence-electron chi connectivity index (χ0n) is 10.1. The summed E-state index contributed by atoms with van der Waals surface area (Å²) in [5.74, 6) is 0.465. The molecular weight excluding hydrogens is 220 g/mol. The fourth-order valence-electron chi connectivity index (χ4n) is 1.57. The van der Waals surface area contributed by atoms with Crippen molar-refractivity contribution in [1.29, 1.82) is 0 Å². The van der Waals surface area contributed by atoms with E-state index in [2.05, 4.69) is 13.0 Å². The molecule has 2 nitrogen and oxygen atoms in total. The van der Waals surface area contributed by atoms with Crippen molar-refractivity contribution in [3.8, 4) is 0 Å². The quantitative estimate of drug-likeness (QED) is 0.763. The molecular formula is C13H18O2S. The summed E-state index contributed by atoms with van der Waals surface area (Å²) in [5.41, 5.74) is 1.26. The number of carbonyl (C=O) groups excluding carboxylic acids is 2. The summed E-state index contributed by atoms with van der Waals surface area (Å²) >= 11 is 1.74. The molecule has 88 valence electrons. The van der Waals surface area contributed by atoms with E-state index in [1.807, 2.05) is 0 Å². The Morgan fingerprint density at radius 1 is 1.12 bits per heavy atom. The highest BCUT2D eigenvalue weighted by Crippen LogP contribution is 2.24. The van der Waals surface area contributed by atoms with Gasteiger partial charge < -0.3 is 9.59 Å². The molecule has 16 heavy (non-hydrogen) atoms. The molecule has 0 bridgehead atoms. The zero-order chi connectivity index (χ0) is 12.1. The Labute approximate surface area is 101 Å². The molecule has 0 amide bonds. The fraction of sp³-hybridized carbons (Fsp3) is 0.538. The standard InChI is InChI=1S/C13H18O2S/c1-9(14)4-6-12-8-13(16-11(12)3)7-5-10(2)15/h8H,4-7H2,1-3H3. The van der Waals surface area contributed by atoms with Gasteiger partial charge in [0.25, 0.3) is 0 Å². The topological polar surface area (TPSA) is 34.1 Å². The van der Waals surface area contributed by atoms with Gasteiger partial charge in [-0.05, 0) is 45.2 Å². The smallest absolute Gasteiger partial charge is 0.130 e. The van der Waals surface area contributed by atoms with Crippen LogP contribution in [0, 0.1) is 6.92 Å². The van der Waals surface area contributed by atoms with Crippen LogP contribution in [0.15, 0.2) is 6.07 Å². The van der Waals surface area contributed by atoms with E-state index < -0.39 is 0 Å². The van der Waals surface area contributed by atoms with E-state index >= 15 is 0 Å². The molecule has 0 aliphatic carbocycles. The summed E-state index contributed by atoms with van der Waals surface area (Å²) in [7, 11) is 0. The number of aryl methyl sites for hydroxylation is 3. The first-order valence-electron chi connectivity index (χ1n) is 5.56. The molecule has 0 fully saturated rings. The maximum atomic E-state index is 10.9. The number of hydrogen-bond acceptors (Lipinski definition) is 3. The first-order chi connectivity index (χ1) is 7.49. The predicted molar refractivity (Wildman–Crippen MR) is 67.1 cm³/mol. The lowest BCUT2D eigenvalue weighted by Crippen LogP contribution is -1.94. The van der Waals surface area contributed by atoms with Crippen molar-refractivity contribution < 1.29 is 9.59 Å². The molecule has 0 aliphatic heterocycles. The van der Waals surface area contributed by atoms with Crippen LogP contribution in [0.2, 0.25) is 0 Å². The van der Waals surface area contributed by atoms with Crippen LogP contribution in [0.25, 0.3) is 0 Å². The predicted octanol–water partition coefficient (Wildman–Crippen LogP) is 3.10. The lowest BCUT2D eigenvalue weighted by atomic mass is 10.1. The largest absolute Gasteiger partial charge is 0.300 e. The van der Waals surface area contributed by atoms with Crippen LogP contribution < -0.4 is 0 Å². The highest BCUT2D eigenvalue weighted by molar-refractivity contribution is 7.12. The number of ketones is 2. The lowest BCUT2D eigenvalue weighted by molar-refractivity contribution is -0.117. The van der Waals surface area contributed by atoms with E-state index in [0.717, 1.165) is 12.8 Å². The molecule has 1 aromatic rings. The Hall–Kier alpha value is -0.960. The van der Waals surface area contributed by atoms with Gasteiger partial charge in [0.1, 0.15) is 11.6 Å². The van der Waals surface area contributed by atoms with Crippen molar-refractivity contribution in [2.45, 2.75) is 46.5 Å². The fourth-order valence-corrected chi connectivity index (χ4v) is 2.66. The van der Waals surface area contributed by atoms with E-state index in [0.29, 0.717) is 12.8 Å². The third-order valence-corrected chi connectivity index (χ3v) is 3.69. The second-order valence-electron chi connectivity index (χ2n) is 4.20. The average molecular weight is 238 g/mol. The van der Waals surface area contributed by atoms with Crippen LogP contribution in [0.5, 0.6) is 0 Å². The van der Waals surface area contributed by atoms with Crippen LogP contribution in [-0.2, 0) is 22.4 Å². The van der Waals surface area contributed by atoms with Crippen LogP contribution in [-0.4, -0.2) is 11.6 Å². The number of thiophene rings is 1. The van der Waals surface area contributed by atoms with Gasteiger partial charge in [0.05, 0.1) is 0 Å². The van der Waals surface area contributed by atoms with Crippen molar-refractivity contribution in [3.63, 3.8) is 0 Å². The monoisotopic (exact) mass is 238 g/mol. The van der Waals surface area contributed by atoms with Crippen molar-refractivity contribution in [1.82, 2.24) is 0 Å². The molecule has 0 spiro atoms. The molecule has 0 saturated heterocycles. The molecule has 1 heterocycles. The summed E-state index contributed by atoms with van der Waals surface area (Å²) in [6.45, 7) is 5.33. The highest BCUT2D eigenvalue weighted by Gasteiger charge is 2.07. The van der Waals surface area contributed by atoms with Gasteiger partial charge in [-0.1, -0.05) is 0 Å². The summed E-state index contributed by atoms with van der Waals surface area (Å²) < 4.78 is 0. The average Bonchev–Trinajstić information content (AvgIpc) is 2.53. The van der Waals surface area contributed by atoms with E-state index in [1.165, 1.54) is 15.3 Å². The first-order valence-corrected chi connectivity index (χ1v) is 6.37. The minimum absolute atomic E-state index is 0.232. The van der Waals surface area contributed by atoms with Gasteiger partial charge in [-0.25, -0.2) is 0 Å². The Bertz CT molecular complexity index is 391. The number of rotatable bonds is 6. The highest BCUT2D eigenvalue weighted by atomic mass is 32.1. The van der Waals surface area contributed by atoms with Crippen molar-refractivity contribution in [2.75, 3.05) is 0 Å². The summed E-state index contributed by atoms with van der Waals surface area (Å²) in [4.78, 5) is 24.3. The van der Waals surface area contributed by atoms with Gasteiger partial charge in [0.2, 0.25) is 0 Å². The van der Waals surface area contributed by atoms with Gasteiger partial charge >= 0.3 is 0 Å². The minimum atomic E-state index is 0.232. The zero-order valence-corrected chi connectivity index (χ0v) is 10.9. The second kappa shape index (κ2) is 5.94. The molecule has 1 rings (SSSR count). The molecule has 0 radical (unpaired) electrons. The molecule has 1 aromatic heterocycles. The molecule has 3 heteroatoms. The van der Waals surface area contributed by atoms with Crippen LogP contribution in [0.4, 0.5) is 0 Å². The van der Waals surface area contributed by atoms with Crippen LogP contribution in [0.1, 0.15) is 42.0 Å². The molecule has 0 unspecified atom stereocenters.